The van der Waals surface area contributed by atoms with Crippen LogP contribution in [0.3, 0.4) is 0 Å². The molecular formula is C14H27N3. The third-order valence-electron chi connectivity index (χ3n) is 3.29. The summed E-state index contributed by atoms with van der Waals surface area (Å²) in [5, 5.41) is 9.96. The van der Waals surface area contributed by atoms with Gasteiger partial charge in [-0.25, -0.2) is 0 Å². The van der Waals surface area contributed by atoms with Gasteiger partial charge in [0.1, 0.15) is 0 Å². The summed E-state index contributed by atoms with van der Waals surface area (Å²) < 4.78 is 0. The Morgan fingerprint density at radius 2 is 1.88 bits per heavy atom. The maximum atomic E-state index is 3.39. The van der Waals surface area contributed by atoms with Crippen LogP contribution in [-0.4, -0.2) is 26.2 Å². The monoisotopic (exact) mass is 237 g/mol. The molecule has 0 aromatic heterocycles. The van der Waals surface area contributed by atoms with Gasteiger partial charge in [0.25, 0.3) is 0 Å². The smallest absolute Gasteiger partial charge is 0.0314 e. The zero-order valence-corrected chi connectivity index (χ0v) is 11.2. The summed E-state index contributed by atoms with van der Waals surface area (Å²) in [5.41, 5.74) is 0. The minimum Gasteiger partial charge on any atom is -0.389 e. The van der Waals surface area contributed by atoms with Crippen LogP contribution in [0.5, 0.6) is 0 Å². The second-order valence-electron chi connectivity index (χ2n) is 4.57. The predicted molar refractivity (Wildman–Crippen MR) is 74.8 cm³/mol. The molecule has 2 unspecified atom stereocenters. The zero-order valence-electron chi connectivity index (χ0n) is 11.2. The second-order valence-corrected chi connectivity index (χ2v) is 4.57. The highest BCUT2D eigenvalue weighted by atomic mass is 14.9. The van der Waals surface area contributed by atoms with Gasteiger partial charge in [-0.3, -0.25) is 0 Å². The second kappa shape index (κ2) is 9.11. The fourth-order valence-electron chi connectivity index (χ4n) is 2.28. The first-order valence-electron chi connectivity index (χ1n) is 6.84. The Labute approximate surface area is 106 Å². The Morgan fingerprint density at radius 1 is 1.12 bits per heavy atom. The fraction of sp³-hybridized carbons (Fsp3) is 0.714. The van der Waals surface area contributed by atoms with Gasteiger partial charge >= 0.3 is 0 Å². The maximum absolute atomic E-state index is 3.39. The van der Waals surface area contributed by atoms with E-state index in [1.54, 1.807) is 0 Å². The molecule has 3 N–H and O–H groups in total. The summed E-state index contributed by atoms with van der Waals surface area (Å²) in [6.45, 7) is 4.08. The first-order chi connectivity index (χ1) is 8.38. The van der Waals surface area contributed by atoms with Crippen LogP contribution in [0.2, 0.25) is 0 Å². The molecule has 3 nitrogen and oxygen atoms in total. The predicted octanol–water partition coefficient (Wildman–Crippen LogP) is 1.99. The van der Waals surface area contributed by atoms with Gasteiger partial charge in [0, 0.05) is 19.1 Å². The van der Waals surface area contributed by atoms with Crippen molar-refractivity contribution in [3.05, 3.63) is 24.6 Å². The Hall–Kier alpha value is -0.960. The summed E-state index contributed by atoms with van der Waals surface area (Å²) in [5.74, 6) is 0.709. The molecule has 98 valence electrons. The minimum absolute atomic E-state index is 0.679. The van der Waals surface area contributed by atoms with E-state index in [1.807, 2.05) is 6.20 Å². The van der Waals surface area contributed by atoms with Gasteiger partial charge in [-0.05, 0) is 44.6 Å². The van der Waals surface area contributed by atoms with E-state index in [4.69, 9.17) is 0 Å². The summed E-state index contributed by atoms with van der Waals surface area (Å²) in [7, 11) is 2.06. The van der Waals surface area contributed by atoms with E-state index < -0.39 is 0 Å². The van der Waals surface area contributed by atoms with Crippen molar-refractivity contribution in [2.24, 2.45) is 5.92 Å². The van der Waals surface area contributed by atoms with E-state index in [9.17, 15) is 0 Å². The minimum atomic E-state index is 0.679. The van der Waals surface area contributed by atoms with E-state index in [2.05, 4.69) is 48.3 Å². The molecule has 2 atom stereocenters. The van der Waals surface area contributed by atoms with E-state index >= 15 is 0 Å². The third-order valence-corrected chi connectivity index (χ3v) is 3.29. The fourth-order valence-corrected chi connectivity index (χ4v) is 2.28. The van der Waals surface area contributed by atoms with Crippen LogP contribution in [0.1, 0.15) is 32.6 Å². The average Bonchev–Trinajstić information content (AvgIpc) is 2.80. The Bertz CT molecular complexity index is 236. The summed E-state index contributed by atoms with van der Waals surface area (Å²) >= 11 is 0. The number of hydrogen-bond acceptors (Lipinski definition) is 3. The molecule has 0 aromatic rings. The molecule has 1 rings (SSSR count). The lowest BCUT2D eigenvalue weighted by Gasteiger charge is -2.14. The molecular weight excluding hydrogens is 210 g/mol. The van der Waals surface area contributed by atoms with Gasteiger partial charge in [-0.1, -0.05) is 25.5 Å². The molecule has 3 heteroatoms. The third kappa shape index (κ3) is 5.78. The Morgan fingerprint density at radius 3 is 2.59 bits per heavy atom. The van der Waals surface area contributed by atoms with Crippen molar-refractivity contribution in [3.8, 4) is 0 Å². The number of rotatable bonds is 8. The topological polar surface area (TPSA) is 36.1 Å². The molecule has 0 aliphatic heterocycles. The first kappa shape index (κ1) is 14.1. The van der Waals surface area contributed by atoms with Crippen molar-refractivity contribution in [1.29, 1.82) is 0 Å². The van der Waals surface area contributed by atoms with Gasteiger partial charge in [-0.15, -0.1) is 0 Å². The normalized spacial score (nSPS) is 24.8. The number of nitrogens with one attached hydrogen (secondary N) is 3. The lowest BCUT2D eigenvalue weighted by Crippen LogP contribution is -2.28. The number of allylic oxidation sites excluding steroid dienone is 1. The lowest BCUT2D eigenvalue weighted by molar-refractivity contribution is 0.496. The molecule has 1 aliphatic rings. The molecule has 0 radical (unpaired) electrons. The van der Waals surface area contributed by atoms with Gasteiger partial charge in [0.15, 0.2) is 0 Å². The van der Waals surface area contributed by atoms with Crippen LogP contribution in [0.15, 0.2) is 24.6 Å². The number of hydrogen-bond donors (Lipinski definition) is 3. The molecule has 0 heterocycles. The molecule has 0 aromatic carbocycles. The Kier molecular flexibility index (Phi) is 7.56. The highest BCUT2D eigenvalue weighted by Gasteiger charge is 2.22. The first-order valence-corrected chi connectivity index (χ1v) is 6.84. The van der Waals surface area contributed by atoms with Crippen LogP contribution < -0.4 is 16.0 Å². The van der Waals surface area contributed by atoms with Crippen molar-refractivity contribution < 1.29 is 0 Å². The summed E-state index contributed by atoms with van der Waals surface area (Å²) in [6, 6.07) is 0.679. The average molecular weight is 237 g/mol. The SMILES string of the molecule is CCC=CNCCNC=CC1CCCC1NC. The summed E-state index contributed by atoms with van der Waals surface area (Å²) in [4.78, 5) is 0. The van der Waals surface area contributed by atoms with Crippen molar-refractivity contribution in [3.63, 3.8) is 0 Å². The van der Waals surface area contributed by atoms with Crippen molar-refractivity contribution >= 4 is 0 Å². The van der Waals surface area contributed by atoms with Crippen LogP contribution in [0, 0.1) is 5.92 Å². The highest BCUT2D eigenvalue weighted by molar-refractivity contribution is 4.96. The van der Waals surface area contributed by atoms with Gasteiger partial charge in [0.05, 0.1) is 0 Å². The molecule has 17 heavy (non-hydrogen) atoms. The van der Waals surface area contributed by atoms with E-state index in [0.29, 0.717) is 12.0 Å². The van der Waals surface area contributed by atoms with E-state index in [-0.39, 0.29) is 0 Å². The van der Waals surface area contributed by atoms with Crippen LogP contribution in [0.25, 0.3) is 0 Å². The Balaban J connectivity index is 2.03. The zero-order chi connectivity index (χ0) is 12.3. The molecule has 1 fully saturated rings. The van der Waals surface area contributed by atoms with Crippen molar-refractivity contribution in [2.75, 3.05) is 20.1 Å². The lowest BCUT2D eigenvalue weighted by atomic mass is 10.0. The van der Waals surface area contributed by atoms with Crippen LogP contribution in [0.4, 0.5) is 0 Å². The molecule has 0 saturated heterocycles. The van der Waals surface area contributed by atoms with Crippen LogP contribution >= 0.6 is 0 Å². The quantitative estimate of drug-likeness (QED) is 0.565. The molecule has 1 aliphatic carbocycles. The van der Waals surface area contributed by atoms with Gasteiger partial charge in [0.2, 0.25) is 0 Å². The van der Waals surface area contributed by atoms with Crippen molar-refractivity contribution in [2.45, 2.75) is 38.6 Å². The van der Waals surface area contributed by atoms with Gasteiger partial charge in [-0.2, -0.15) is 0 Å². The molecule has 0 amide bonds. The van der Waals surface area contributed by atoms with Gasteiger partial charge < -0.3 is 16.0 Å². The van der Waals surface area contributed by atoms with Crippen LogP contribution in [-0.2, 0) is 0 Å². The standard InChI is InChI=1S/C14H27N3/c1-3-4-9-16-11-12-17-10-8-13-6-5-7-14(13)15-2/h4,8-10,13-17H,3,5-7,11-12H2,1-2H3. The summed E-state index contributed by atoms with van der Waals surface area (Å²) in [6.07, 6.45) is 13.7. The molecule has 0 bridgehead atoms. The molecule has 1 saturated carbocycles. The molecule has 0 spiro atoms. The van der Waals surface area contributed by atoms with Crippen molar-refractivity contribution in [1.82, 2.24) is 16.0 Å². The largest absolute Gasteiger partial charge is 0.389 e. The maximum Gasteiger partial charge on any atom is 0.0314 e. The van der Waals surface area contributed by atoms with E-state index in [1.165, 1.54) is 19.3 Å². The highest BCUT2D eigenvalue weighted by Crippen LogP contribution is 2.25. The van der Waals surface area contributed by atoms with E-state index in [0.717, 1.165) is 19.5 Å².